The van der Waals surface area contributed by atoms with Gasteiger partial charge < -0.3 is 15.2 Å². The van der Waals surface area contributed by atoms with Crippen molar-refractivity contribution in [1.82, 2.24) is 0 Å². The van der Waals surface area contributed by atoms with Crippen LogP contribution < -0.4 is 5.32 Å². The van der Waals surface area contributed by atoms with Crippen molar-refractivity contribution in [3.05, 3.63) is 59.1 Å². The molecular weight excluding hydrogens is 278 g/mol. The Hall–Kier alpha value is -2.20. The number of hydrogen-bond donors (Lipinski definition) is 2. The molecule has 4 nitrogen and oxygen atoms in total. The van der Waals surface area contributed by atoms with Crippen LogP contribution >= 0.6 is 11.6 Å². The molecule has 1 atom stereocenters. The van der Waals surface area contributed by atoms with E-state index in [0.717, 1.165) is 5.69 Å². The molecule has 0 amide bonds. The molecule has 0 spiro atoms. The number of ether oxygens (including phenoxy) is 1. The lowest BCUT2D eigenvalue weighted by Gasteiger charge is -2.18. The number of phenolic OH excluding ortho intramolecular Hbond substituents is 1. The van der Waals surface area contributed by atoms with Crippen LogP contribution in [0.15, 0.2) is 48.5 Å². The van der Waals surface area contributed by atoms with Gasteiger partial charge in [-0.15, -0.1) is 0 Å². The van der Waals surface area contributed by atoms with Crippen molar-refractivity contribution in [1.29, 1.82) is 0 Å². The third-order valence-corrected chi connectivity index (χ3v) is 3.13. The second-order valence-electron chi connectivity index (χ2n) is 4.18. The van der Waals surface area contributed by atoms with Crippen molar-refractivity contribution in [3.8, 4) is 5.75 Å². The summed E-state index contributed by atoms with van der Waals surface area (Å²) in [6, 6.07) is 13.2. The fourth-order valence-electron chi connectivity index (χ4n) is 1.80. The molecule has 0 saturated heterocycles. The van der Waals surface area contributed by atoms with Crippen LogP contribution in [0.2, 0.25) is 5.02 Å². The Morgan fingerprint density at radius 1 is 1.25 bits per heavy atom. The molecule has 0 aromatic heterocycles. The maximum atomic E-state index is 11.9. The van der Waals surface area contributed by atoms with E-state index in [0.29, 0.717) is 5.56 Å². The highest BCUT2D eigenvalue weighted by Crippen LogP contribution is 2.28. The van der Waals surface area contributed by atoms with Gasteiger partial charge in [-0.1, -0.05) is 35.9 Å². The lowest BCUT2D eigenvalue weighted by atomic mass is 10.1. The molecule has 0 bridgehead atoms. The first-order valence-corrected chi connectivity index (χ1v) is 6.37. The number of aromatic hydroxyl groups is 1. The van der Waals surface area contributed by atoms with Crippen LogP contribution in [-0.4, -0.2) is 18.2 Å². The van der Waals surface area contributed by atoms with E-state index in [9.17, 15) is 9.90 Å². The van der Waals surface area contributed by atoms with Crippen LogP contribution in [0.3, 0.4) is 0 Å². The molecule has 5 heteroatoms. The number of anilines is 1. The summed E-state index contributed by atoms with van der Waals surface area (Å²) >= 11 is 5.88. The van der Waals surface area contributed by atoms with Gasteiger partial charge in [-0.2, -0.15) is 0 Å². The highest BCUT2D eigenvalue weighted by molar-refractivity contribution is 6.32. The van der Waals surface area contributed by atoms with Gasteiger partial charge in [-0.3, -0.25) is 0 Å². The maximum absolute atomic E-state index is 11.9. The zero-order chi connectivity index (χ0) is 14.5. The first kappa shape index (κ1) is 14.2. The average Bonchev–Trinajstić information content (AvgIpc) is 2.48. The van der Waals surface area contributed by atoms with E-state index < -0.39 is 12.0 Å². The molecule has 0 aliphatic rings. The molecule has 0 saturated carbocycles. The van der Waals surface area contributed by atoms with Crippen LogP contribution in [-0.2, 0) is 9.53 Å². The fourth-order valence-corrected chi connectivity index (χ4v) is 1.99. The third kappa shape index (κ3) is 3.22. The van der Waals surface area contributed by atoms with Gasteiger partial charge in [-0.05, 0) is 29.8 Å². The highest BCUT2D eigenvalue weighted by Gasteiger charge is 2.22. The molecule has 104 valence electrons. The Morgan fingerprint density at radius 3 is 2.55 bits per heavy atom. The molecule has 2 N–H and O–H groups in total. The molecule has 0 heterocycles. The summed E-state index contributed by atoms with van der Waals surface area (Å²) in [4.78, 5) is 11.9. The largest absolute Gasteiger partial charge is 0.506 e. The number of hydrogen-bond acceptors (Lipinski definition) is 4. The van der Waals surface area contributed by atoms with E-state index >= 15 is 0 Å². The van der Waals surface area contributed by atoms with Crippen molar-refractivity contribution in [2.45, 2.75) is 6.04 Å². The normalized spacial score (nSPS) is 11.7. The number of esters is 1. The second kappa shape index (κ2) is 6.30. The number of carbonyl (C=O) groups is 1. The van der Waals surface area contributed by atoms with E-state index in [4.69, 9.17) is 16.3 Å². The van der Waals surface area contributed by atoms with Gasteiger partial charge in [0.15, 0.2) is 6.04 Å². The quantitative estimate of drug-likeness (QED) is 0.848. The van der Waals surface area contributed by atoms with Gasteiger partial charge in [0, 0.05) is 5.69 Å². The molecule has 2 rings (SSSR count). The van der Waals surface area contributed by atoms with Crippen LogP contribution in [0.4, 0.5) is 5.69 Å². The molecule has 0 aliphatic heterocycles. The highest BCUT2D eigenvalue weighted by atomic mass is 35.5. The molecule has 0 radical (unpaired) electrons. The second-order valence-corrected chi connectivity index (χ2v) is 4.58. The topological polar surface area (TPSA) is 58.6 Å². The Labute approximate surface area is 122 Å². The predicted molar refractivity (Wildman–Crippen MR) is 77.9 cm³/mol. The first-order chi connectivity index (χ1) is 9.61. The lowest BCUT2D eigenvalue weighted by Crippen LogP contribution is -2.22. The zero-order valence-electron chi connectivity index (χ0n) is 10.8. The van der Waals surface area contributed by atoms with Gasteiger partial charge in [0.2, 0.25) is 0 Å². The predicted octanol–water partition coefficient (Wildman–Crippen LogP) is 3.37. The van der Waals surface area contributed by atoms with Crippen molar-refractivity contribution >= 4 is 23.3 Å². The summed E-state index contributed by atoms with van der Waals surface area (Å²) < 4.78 is 4.80. The fraction of sp³-hybridized carbons (Fsp3) is 0.133. The number of rotatable bonds is 4. The van der Waals surface area contributed by atoms with E-state index in [1.54, 1.807) is 6.07 Å². The monoisotopic (exact) mass is 291 g/mol. The van der Waals surface area contributed by atoms with E-state index in [-0.39, 0.29) is 10.8 Å². The van der Waals surface area contributed by atoms with Gasteiger partial charge in [0.05, 0.1) is 12.1 Å². The number of halogens is 1. The number of nitrogens with one attached hydrogen (secondary N) is 1. The van der Waals surface area contributed by atoms with Crippen LogP contribution in [0.1, 0.15) is 11.6 Å². The van der Waals surface area contributed by atoms with Crippen molar-refractivity contribution < 1.29 is 14.6 Å². The van der Waals surface area contributed by atoms with Crippen molar-refractivity contribution in [2.24, 2.45) is 0 Å². The summed E-state index contributed by atoms with van der Waals surface area (Å²) in [6.45, 7) is 0. The summed E-state index contributed by atoms with van der Waals surface area (Å²) in [7, 11) is 1.32. The van der Waals surface area contributed by atoms with Crippen molar-refractivity contribution in [2.75, 3.05) is 12.4 Å². The minimum atomic E-state index is -0.694. The maximum Gasteiger partial charge on any atom is 0.332 e. The van der Waals surface area contributed by atoms with E-state index in [1.165, 1.54) is 19.2 Å². The first-order valence-electron chi connectivity index (χ1n) is 5.99. The Balaban J connectivity index is 2.32. The zero-order valence-corrected chi connectivity index (χ0v) is 11.6. The molecule has 2 aromatic carbocycles. The summed E-state index contributed by atoms with van der Waals surface area (Å²) in [6.07, 6.45) is 0. The standard InChI is InChI=1S/C15H14ClNO3/c1-20-15(19)14(17-11-5-3-2-4-6-11)10-7-8-13(18)12(16)9-10/h2-9,14,17-18H,1H3. The molecule has 0 aliphatic carbocycles. The summed E-state index contributed by atoms with van der Waals surface area (Å²) in [5.74, 6) is -0.464. The van der Waals surface area contributed by atoms with Crippen LogP contribution in [0.25, 0.3) is 0 Å². The smallest absolute Gasteiger partial charge is 0.332 e. The van der Waals surface area contributed by atoms with E-state index in [1.807, 2.05) is 30.3 Å². The molecular formula is C15H14ClNO3. The third-order valence-electron chi connectivity index (χ3n) is 2.83. The Morgan fingerprint density at radius 2 is 1.95 bits per heavy atom. The van der Waals surface area contributed by atoms with Crippen LogP contribution in [0, 0.1) is 0 Å². The number of phenols is 1. The minimum Gasteiger partial charge on any atom is -0.506 e. The number of carbonyl (C=O) groups excluding carboxylic acids is 1. The van der Waals surface area contributed by atoms with Gasteiger partial charge >= 0.3 is 5.97 Å². The van der Waals surface area contributed by atoms with Gasteiger partial charge in [0.25, 0.3) is 0 Å². The lowest BCUT2D eigenvalue weighted by molar-refractivity contribution is -0.141. The van der Waals surface area contributed by atoms with Gasteiger partial charge in [0.1, 0.15) is 5.75 Å². The van der Waals surface area contributed by atoms with E-state index in [2.05, 4.69) is 5.32 Å². The van der Waals surface area contributed by atoms with Gasteiger partial charge in [-0.25, -0.2) is 4.79 Å². The number of methoxy groups -OCH3 is 1. The Bertz CT molecular complexity index is 601. The minimum absolute atomic E-state index is 0.0289. The SMILES string of the molecule is COC(=O)C(Nc1ccccc1)c1ccc(O)c(Cl)c1. The molecule has 2 aromatic rings. The summed E-state index contributed by atoms with van der Waals surface area (Å²) in [5, 5.41) is 12.7. The number of para-hydroxylation sites is 1. The molecule has 0 fully saturated rings. The summed E-state index contributed by atoms with van der Waals surface area (Å²) in [5.41, 5.74) is 1.40. The van der Waals surface area contributed by atoms with Crippen LogP contribution in [0.5, 0.6) is 5.75 Å². The average molecular weight is 292 g/mol. The van der Waals surface area contributed by atoms with Crippen molar-refractivity contribution in [3.63, 3.8) is 0 Å². The number of benzene rings is 2. The molecule has 1 unspecified atom stereocenters. The Kier molecular flexibility index (Phi) is 4.48. The molecule has 20 heavy (non-hydrogen) atoms.